The molecular weight excluding hydrogens is 290 g/mol. The van der Waals surface area contributed by atoms with Crippen molar-refractivity contribution in [2.75, 3.05) is 19.6 Å². The van der Waals surface area contributed by atoms with Crippen LogP contribution in [0.4, 0.5) is 5.69 Å². The van der Waals surface area contributed by atoms with E-state index in [2.05, 4.69) is 4.90 Å². The van der Waals surface area contributed by atoms with Crippen molar-refractivity contribution in [3.8, 4) is 0 Å². The zero-order valence-electron chi connectivity index (χ0n) is 13.3. The van der Waals surface area contributed by atoms with E-state index in [1.54, 1.807) is 18.2 Å². The lowest BCUT2D eigenvalue weighted by Gasteiger charge is -2.30. The molecule has 2 heterocycles. The van der Waals surface area contributed by atoms with Crippen molar-refractivity contribution in [2.24, 2.45) is 5.73 Å². The molecule has 2 aromatic rings. The number of nitro groups is 1. The molecule has 122 valence electrons. The molecule has 0 unspecified atom stereocenters. The molecular formula is C18H23N3O2. The summed E-state index contributed by atoms with van der Waals surface area (Å²) in [6, 6.07) is 12.4. The maximum atomic E-state index is 10.6. The van der Waals surface area contributed by atoms with Gasteiger partial charge in [-0.3, -0.25) is 15.0 Å². The average molecular weight is 313 g/mol. The van der Waals surface area contributed by atoms with Gasteiger partial charge in [0.15, 0.2) is 0 Å². The molecule has 2 aromatic carbocycles. The first-order chi connectivity index (χ1) is 11.2. The molecule has 0 aliphatic carbocycles. The van der Waals surface area contributed by atoms with Gasteiger partial charge in [0.2, 0.25) is 0 Å². The molecule has 2 aliphatic rings. The molecule has 0 amide bonds. The molecule has 4 rings (SSSR count). The average Bonchev–Trinajstić information content (AvgIpc) is 3.15. The Morgan fingerprint density at radius 3 is 2.35 bits per heavy atom. The molecule has 0 saturated carbocycles. The second-order valence-electron chi connectivity index (χ2n) is 6.38. The van der Waals surface area contributed by atoms with Crippen LogP contribution < -0.4 is 5.73 Å². The summed E-state index contributed by atoms with van der Waals surface area (Å²) in [7, 11) is 0. The Bertz CT molecular complexity index is 686. The van der Waals surface area contributed by atoms with E-state index in [-0.39, 0.29) is 10.6 Å². The minimum Gasteiger partial charge on any atom is -0.329 e. The largest absolute Gasteiger partial charge is 0.329 e. The van der Waals surface area contributed by atoms with E-state index in [1.807, 2.05) is 18.2 Å². The van der Waals surface area contributed by atoms with Gasteiger partial charge in [0.25, 0.3) is 5.69 Å². The zero-order chi connectivity index (χ0) is 16.3. The molecule has 23 heavy (non-hydrogen) atoms. The SMILES string of the molecule is NCC12CCCN1CCC2.O=[N+]([O-])c1cccc2ccccc12. The van der Waals surface area contributed by atoms with Crippen LogP contribution in [0.1, 0.15) is 25.7 Å². The first kappa shape index (κ1) is 15.9. The van der Waals surface area contributed by atoms with Crippen molar-refractivity contribution in [1.29, 1.82) is 0 Å². The Morgan fingerprint density at radius 1 is 1.09 bits per heavy atom. The van der Waals surface area contributed by atoms with Crippen LogP contribution in [0.3, 0.4) is 0 Å². The van der Waals surface area contributed by atoms with Gasteiger partial charge >= 0.3 is 0 Å². The predicted molar refractivity (Wildman–Crippen MR) is 92.4 cm³/mol. The Morgan fingerprint density at radius 2 is 1.74 bits per heavy atom. The normalized spacial score (nSPS) is 19.2. The van der Waals surface area contributed by atoms with Gasteiger partial charge < -0.3 is 5.73 Å². The lowest BCUT2D eigenvalue weighted by Crippen LogP contribution is -2.44. The number of hydrogen-bond acceptors (Lipinski definition) is 4. The number of nitro benzene ring substituents is 1. The molecule has 2 aliphatic heterocycles. The number of non-ortho nitro benzene ring substituents is 1. The Kier molecular flexibility index (Phi) is 4.59. The number of fused-ring (bicyclic) bond motifs is 2. The molecule has 0 bridgehead atoms. The summed E-state index contributed by atoms with van der Waals surface area (Å²) in [5.41, 5.74) is 6.39. The smallest absolute Gasteiger partial charge is 0.277 e. The van der Waals surface area contributed by atoms with Crippen LogP contribution >= 0.6 is 0 Å². The molecule has 2 saturated heterocycles. The first-order valence-corrected chi connectivity index (χ1v) is 8.24. The number of nitrogens with two attached hydrogens (primary N) is 1. The highest BCUT2D eigenvalue weighted by atomic mass is 16.6. The summed E-state index contributed by atoms with van der Waals surface area (Å²) >= 11 is 0. The van der Waals surface area contributed by atoms with E-state index in [4.69, 9.17) is 5.73 Å². The van der Waals surface area contributed by atoms with Crippen molar-refractivity contribution in [3.63, 3.8) is 0 Å². The van der Waals surface area contributed by atoms with Gasteiger partial charge in [0.1, 0.15) is 0 Å². The minimum absolute atomic E-state index is 0.165. The van der Waals surface area contributed by atoms with Crippen LogP contribution in [-0.4, -0.2) is 35.0 Å². The van der Waals surface area contributed by atoms with Gasteiger partial charge in [-0.15, -0.1) is 0 Å². The van der Waals surface area contributed by atoms with Crippen LogP contribution in [0, 0.1) is 10.1 Å². The van der Waals surface area contributed by atoms with E-state index < -0.39 is 0 Å². The van der Waals surface area contributed by atoms with Gasteiger partial charge in [-0.1, -0.05) is 30.3 Å². The van der Waals surface area contributed by atoms with Crippen molar-refractivity contribution in [3.05, 3.63) is 52.6 Å². The van der Waals surface area contributed by atoms with Crippen molar-refractivity contribution in [1.82, 2.24) is 4.90 Å². The van der Waals surface area contributed by atoms with E-state index in [0.717, 1.165) is 11.9 Å². The van der Waals surface area contributed by atoms with Gasteiger partial charge in [-0.25, -0.2) is 0 Å². The van der Waals surface area contributed by atoms with Crippen molar-refractivity contribution in [2.45, 2.75) is 31.2 Å². The van der Waals surface area contributed by atoms with Crippen LogP contribution in [0.2, 0.25) is 0 Å². The molecule has 2 fully saturated rings. The third kappa shape index (κ3) is 3.07. The standard InChI is InChI=1S/C10H7NO2.C8H16N2/c12-11(13)10-7-3-5-8-4-1-2-6-9(8)10;9-7-8-3-1-5-10(8)6-2-4-8/h1-7H;1-7,9H2. The van der Waals surface area contributed by atoms with Gasteiger partial charge in [0, 0.05) is 18.2 Å². The summed E-state index contributed by atoms with van der Waals surface area (Å²) in [4.78, 5) is 12.9. The Balaban J connectivity index is 0.000000140. The third-order valence-electron chi connectivity index (χ3n) is 5.15. The Hall–Kier alpha value is -1.98. The fraction of sp³-hybridized carbons (Fsp3) is 0.444. The van der Waals surface area contributed by atoms with E-state index >= 15 is 0 Å². The van der Waals surface area contributed by atoms with Crippen LogP contribution in [0.15, 0.2) is 42.5 Å². The van der Waals surface area contributed by atoms with Crippen molar-refractivity contribution < 1.29 is 4.92 Å². The fourth-order valence-electron chi connectivity index (χ4n) is 3.93. The van der Waals surface area contributed by atoms with Gasteiger partial charge in [-0.2, -0.15) is 0 Å². The van der Waals surface area contributed by atoms with Gasteiger partial charge in [-0.05, 0) is 50.2 Å². The highest BCUT2D eigenvalue weighted by molar-refractivity contribution is 5.90. The number of benzene rings is 2. The topological polar surface area (TPSA) is 72.4 Å². The molecule has 0 radical (unpaired) electrons. The highest BCUT2D eigenvalue weighted by Crippen LogP contribution is 2.37. The lowest BCUT2D eigenvalue weighted by molar-refractivity contribution is -0.383. The predicted octanol–water partition coefficient (Wildman–Crippen LogP) is 3.32. The summed E-state index contributed by atoms with van der Waals surface area (Å²) < 4.78 is 0. The molecule has 2 N–H and O–H groups in total. The maximum Gasteiger partial charge on any atom is 0.277 e. The van der Waals surface area contributed by atoms with Crippen LogP contribution in [0.25, 0.3) is 10.8 Å². The summed E-state index contributed by atoms with van der Waals surface area (Å²) in [6.07, 6.45) is 5.45. The van der Waals surface area contributed by atoms with E-state index in [1.165, 1.54) is 44.8 Å². The van der Waals surface area contributed by atoms with Crippen molar-refractivity contribution >= 4 is 16.5 Å². The fourth-order valence-corrected chi connectivity index (χ4v) is 3.93. The zero-order valence-corrected chi connectivity index (χ0v) is 13.3. The molecule has 5 heteroatoms. The third-order valence-corrected chi connectivity index (χ3v) is 5.15. The molecule has 5 nitrogen and oxygen atoms in total. The Labute approximate surface area is 136 Å². The van der Waals surface area contributed by atoms with E-state index in [9.17, 15) is 10.1 Å². The number of hydrogen-bond donors (Lipinski definition) is 1. The quantitative estimate of drug-likeness (QED) is 0.682. The lowest BCUT2D eigenvalue weighted by atomic mass is 9.95. The summed E-state index contributed by atoms with van der Waals surface area (Å²) in [6.45, 7) is 3.49. The van der Waals surface area contributed by atoms with Crippen LogP contribution in [0.5, 0.6) is 0 Å². The highest BCUT2D eigenvalue weighted by Gasteiger charge is 2.42. The molecule has 0 atom stereocenters. The minimum atomic E-state index is -0.359. The van der Waals surface area contributed by atoms with E-state index in [0.29, 0.717) is 10.9 Å². The summed E-state index contributed by atoms with van der Waals surface area (Å²) in [5.74, 6) is 0. The van der Waals surface area contributed by atoms with Crippen LogP contribution in [-0.2, 0) is 0 Å². The number of nitrogens with zero attached hydrogens (tertiary/aromatic N) is 2. The molecule has 0 spiro atoms. The van der Waals surface area contributed by atoms with Gasteiger partial charge in [0.05, 0.1) is 10.3 Å². The summed E-state index contributed by atoms with van der Waals surface area (Å²) in [5, 5.41) is 12.2. The molecule has 0 aromatic heterocycles. The maximum absolute atomic E-state index is 10.6. The first-order valence-electron chi connectivity index (χ1n) is 8.24. The second kappa shape index (κ2) is 6.64. The monoisotopic (exact) mass is 313 g/mol. The second-order valence-corrected chi connectivity index (χ2v) is 6.38. The number of rotatable bonds is 2.